The van der Waals surface area contributed by atoms with E-state index >= 15 is 0 Å². The smallest absolute Gasteiger partial charge is 0.322 e. The summed E-state index contributed by atoms with van der Waals surface area (Å²) >= 11 is 6.03. The first kappa shape index (κ1) is 17.6. The number of aliphatic carboxylic acids is 1. The Kier molecular flexibility index (Phi) is 5.23. The quantitative estimate of drug-likeness (QED) is 0.607. The third-order valence-electron chi connectivity index (χ3n) is 3.27. The molecule has 1 aromatic carbocycles. The molecule has 0 spiro atoms. The minimum atomic E-state index is -1.07. The van der Waals surface area contributed by atoms with Crippen LogP contribution in [0.4, 0.5) is 21.8 Å². The van der Waals surface area contributed by atoms with Crippen LogP contribution >= 0.6 is 11.6 Å². The summed E-state index contributed by atoms with van der Waals surface area (Å²) in [5, 5.41) is 14.4. The molecule has 0 fully saturated rings. The molecule has 0 bridgehead atoms. The number of benzene rings is 1. The minimum Gasteiger partial charge on any atom is -0.480 e. The molecule has 2 aromatic heterocycles. The van der Waals surface area contributed by atoms with E-state index in [4.69, 9.17) is 16.7 Å². The van der Waals surface area contributed by atoms with Gasteiger partial charge in [-0.15, -0.1) is 0 Å². The van der Waals surface area contributed by atoms with Crippen LogP contribution in [0.2, 0.25) is 5.02 Å². The summed E-state index contributed by atoms with van der Waals surface area (Å²) in [5.41, 5.74) is 1.04. The van der Waals surface area contributed by atoms with E-state index in [1.54, 1.807) is 30.5 Å². The van der Waals surface area contributed by atoms with Crippen LogP contribution < -0.4 is 10.6 Å². The van der Waals surface area contributed by atoms with Crippen molar-refractivity contribution < 1.29 is 14.3 Å². The molecule has 0 radical (unpaired) electrons. The molecule has 0 unspecified atom stereocenters. The molecule has 0 atom stereocenters. The number of carboxylic acid groups (broad SMARTS) is 1. The third-order valence-corrected chi connectivity index (χ3v) is 3.58. The monoisotopic (exact) mass is 373 g/mol. The van der Waals surface area contributed by atoms with Gasteiger partial charge in [-0.3, -0.25) is 9.78 Å². The van der Waals surface area contributed by atoms with E-state index in [0.717, 1.165) is 0 Å². The maximum absolute atomic E-state index is 14.0. The molecule has 0 amide bonds. The fraction of sp³-hybridized carbons (Fsp3) is 0.0588. The van der Waals surface area contributed by atoms with Crippen molar-refractivity contribution in [2.45, 2.75) is 0 Å². The van der Waals surface area contributed by atoms with Crippen molar-refractivity contribution in [3.8, 4) is 11.4 Å². The first-order valence-corrected chi connectivity index (χ1v) is 7.88. The summed E-state index contributed by atoms with van der Waals surface area (Å²) in [7, 11) is 0. The van der Waals surface area contributed by atoms with Crippen molar-refractivity contribution in [2.24, 2.45) is 0 Å². The number of aromatic nitrogens is 3. The van der Waals surface area contributed by atoms with Gasteiger partial charge in [0, 0.05) is 12.3 Å². The number of nitrogens with zero attached hydrogens (tertiary/aromatic N) is 3. The van der Waals surface area contributed by atoms with E-state index in [2.05, 4.69) is 25.6 Å². The number of carbonyl (C=O) groups is 1. The summed E-state index contributed by atoms with van der Waals surface area (Å²) in [6.07, 6.45) is 1.60. The highest BCUT2D eigenvalue weighted by molar-refractivity contribution is 6.33. The van der Waals surface area contributed by atoms with E-state index in [1.807, 2.05) is 0 Å². The normalized spacial score (nSPS) is 10.4. The number of rotatable bonds is 6. The number of anilines is 3. The van der Waals surface area contributed by atoms with Crippen molar-refractivity contribution in [1.29, 1.82) is 0 Å². The number of para-hydroxylation sites is 1. The second kappa shape index (κ2) is 7.75. The minimum absolute atomic E-state index is 0.0593. The van der Waals surface area contributed by atoms with Crippen molar-refractivity contribution in [3.63, 3.8) is 0 Å². The van der Waals surface area contributed by atoms with Gasteiger partial charge in [-0.05, 0) is 24.3 Å². The second-order valence-corrected chi connectivity index (χ2v) is 5.55. The predicted molar refractivity (Wildman–Crippen MR) is 96.1 cm³/mol. The van der Waals surface area contributed by atoms with Crippen molar-refractivity contribution in [3.05, 3.63) is 59.5 Å². The van der Waals surface area contributed by atoms with Crippen LogP contribution in [0.15, 0.2) is 48.7 Å². The fourth-order valence-electron chi connectivity index (χ4n) is 2.14. The third kappa shape index (κ3) is 4.22. The van der Waals surface area contributed by atoms with Gasteiger partial charge in [-0.25, -0.2) is 9.37 Å². The van der Waals surface area contributed by atoms with Gasteiger partial charge in [0.25, 0.3) is 0 Å². The predicted octanol–water partition coefficient (Wildman–Crippen LogP) is 3.57. The molecule has 2 heterocycles. The van der Waals surface area contributed by atoms with Gasteiger partial charge >= 0.3 is 5.97 Å². The lowest BCUT2D eigenvalue weighted by Crippen LogP contribution is -2.15. The number of carboxylic acids is 1. The molecule has 0 aliphatic rings. The van der Waals surface area contributed by atoms with Crippen LogP contribution in [-0.4, -0.2) is 32.6 Å². The Morgan fingerprint density at radius 3 is 2.69 bits per heavy atom. The molecule has 9 heteroatoms. The topological polar surface area (TPSA) is 100 Å². The lowest BCUT2D eigenvalue weighted by molar-refractivity contribution is -0.134. The largest absolute Gasteiger partial charge is 0.480 e. The fourth-order valence-corrected chi connectivity index (χ4v) is 2.35. The molecule has 132 valence electrons. The Balaban J connectivity index is 2.00. The maximum atomic E-state index is 14.0. The van der Waals surface area contributed by atoms with E-state index < -0.39 is 11.8 Å². The zero-order valence-electron chi connectivity index (χ0n) is 13.3. The molecular weight excluding hydrogens is 361 g/mol. The average molecular weight is 374 g/mol. The number of pyridine rings is 1. The van der Waals surface area contributed by atoms with Crippen LogP contribution in [0.25, 0.3) is 11.4 Å². The molecule has 26 heavy (non-hydrogen) atoms. The summed E-state index contributed by atoms with van der Waals surface area (Å²) in [6.45, 7) is -0.369. The lowest BCUT2D eigenvalue weighted by Gasteiger charge is -2.12. The molecule has 0 aliphatic carbocycles. The van der Waals surface area contributed by atoms with Gasteiger partial charge in [-0.1, -0.05) is 23.7 Å². The Labute approximate surface area is 152 Å². The maximum Gasteiger partial charge on any atom is 0.322 e. The molecule has 0 saturated carbocycles. The van der Waals surface area contributed by atoms with Crippen LogP contribution in [0.5, 0.6) is 0 Å². The Morgan fingerprint density at radius 1 is 1.15 bits per heavy atom. The summed E-state index contributed by atoms with van der Waals surface area (Å²) in [4.78, 5) is 23.4. The lowest BCUT2D eigenvalue weighted by atomic mass is 10.2. The number of hydrogen-bond acceptors (Lipinski definition) is 6. The summed E-state index contributed by atoms with van der Waals surface area (Å²) < 4.78 is 14.0. The van der Waals surface area contributed by atoms with Gasteiger partial charge < -0.3 is 15.7 Å². The Bertz CT molecular complexity index is 919. The Morgan fingerprint density at radius 2 is 2.00 bits per heavy atom. The SMILES string of the molecule is O=C(O)CNc1nc(Nc2c(F)cccc2Cl)cc(-c2ccccn2)n1. The first-order valence-electron chi connectivity index (χ1n) is 7.50. The van der Waals surface area contributed by atoms with E-state index in [0.29, 0.717) is 11.4 Å². The molecular formula is C17H13ClFN5O2. The number of halogens is 2. The van der Waals surface area contributed by atoms with Crippen LogP contribution in [0.1, 0.15) is 0 Å². The van der Waals surface area contributed by atoms with Gasteiger partial charge in [0.1, 0.15) is 18.2 Å². The van der Waals surface area contributed by atoms with Gasteiger partial charge in [0.05, 0.1) is 22.1 Å². The van der Waals surface area contributed by atoms with Crippen molar-refractivity contribution in [1.82, 2.24) is 15.0 Å². The van der Waals surface area contributed by atoms with Crippen molar-refractivity contribution in [2.75, 3.05) is 17.2 Å². The zero-order chi connectivity index (χ0) is 18.5. The number of hydrogen-bond donors (Lipinski definition) is 3. The van der Waals surface area contributed by atoms with Crippen LogP contribution in [0, 0.1) is 5.82 Å². The second-order valence-electron chi connectivity index (χ2n) is 5.15. The first-order chi connectivity index (χ1) is 12.5. The van der Waals surface area contributed by atoms with Crippen molar-refractivity contribution >= 4 is 35.0 Å². The van der Waals surface area contributed by atoms with Crippen LogP contribution in [0.3, 0.4) is 0 Å². The van der Waals surface area contributed by atoms with E-state index in [9.17, 15) is 9.18 Å². The molecule has 7 nitrogen and oxygen atoms in total. The summed E-state index contributed by atoms with van der Waals surface area (Å²) in [6, 6.07) is 11.1. The summed E-state index contributed by atoms with van der Waals surface area (Å²) in [5.74, 6) is -1.31. The highest BCUT2D eigenvalue weighted by Crippen LogP contribution is 2.29. The number of nitrogens with one attached hydrogen (secondary N) is 2. The highest BCUT2D eigenvalue weighted by Gasteiger charge is 2.12. The molecule has 0 saturated heterocycles. The van der Waals surface area contributed by atoms with Gasteiger partial charge in [0.2, 0.25) is 5.95 Å². The van der Waals surface area contributed by atoms with Gasteiger partial charge in [0.15, 0.2) is 0 Å². The highest BCUT2D eigenvalue weighted by atomic mass is 35.5. The molecule has 3 N–H and O–H groups in total. The van der Waals surface area contributed by atoms with Gasteiger partial charge in [-0.2, -0.15) is 4.98 Å². The molecule has 0 aliphatic heterocycles. The van der Waals surface area contributed by atoms with E-state index in [-0.39, 0.29) is 29.0 Å². The standard InChI is InChI=1S/C17H13ClFN5O2/c18-10-4-3-5-11(19)16(10)23-14-8-13(12-6-1-2-7-20-12)22-17(24-14)21-9-15(25)26/h1-8H,9H2,(H,25,26)(H2,21,22,23,24). The molecule has 3 rings (SSSR count). The van der Waals surface area contributed by atoms with Crippen LogP contribution in [-0.2, 0) is 4.79 Å². The van der Waals surface area contributed by atoms with E-state index in [1.165, 1.54) is 18.2 Å². The Hall–Kier alpha value is -3.26. The average Bonchev–Trinajstić information content (AvgIpc) is 2.64. The zero-order valence-corrected chi connectivity index (χ0v) is 14.0. The molecule has 3 aromatic rings.